The smallest absolute Gasteiger partial charge is 0.180 e. The third-order valence-electron chi connectivity index (χ3n) is 2.08. The lowest BCUT2D eigenvalue weighted by Crippen LogP contribution is -2.24. The quantitative estimate of drug-likeness (QED) is 0.695. The summed E-state index contributed by atoms with van der Waals surface area (Å²) < 4.78 is 2.74. The van der Waals surface area contributed by atoms with Crippen molar-refractivity contribution in [2.24, 2.45) is 0 Å². The van der Waals surface area contributed by atoms with Gasteiger partial charge in [0.1, 0.15) is 5.51 Å². The molecule has 0 amide bonds. The van der Waals surface area contributed by atoms with E-state index in [9.17, 15) is 0 Å². The van der Waals surface area contributed by atoms with Crippen LogP contribution in [0.25, 0.3) is 0 Å². The molecule has 3 nitrogen and oxygen atoms in total. The summed E-state index contributed by atoms with van der Waals surface area (Å²) in [6.45, 7) is 0.840. The summed E-state index contributed by atoms with van der Waals surface area (Å²) in [5, 5.41) is 4.16. The summed E-state index contributed by atoms with van der Waals surface area (Å²) in [5.41, 5.74) is 1.79. The van der Waals surface area contributed by atoms with Gasteiger partial charge in [-0.25, -0.2) is 4.68 Å². The Hall–Kier alpha value is -0.260. The Kier molecular flexibility index (Phi) is 2.25. The van der Waals surface area contributed by atoms with Gasteiger partial charge in [0.2, 0.25) is 0 Å². The second kappa shape index (κ2) is 3.24. The number of nitrogens with zero attached hydrogens (tertiary/aromatic N) is 3. The largest absolute Gasteiger partial charge is 0.284 e. The normalized spacial score (nSPS) is 17.2. The Morgan fingerprint density at radius 3 is 3.08 bits per heavy atom. The van der Waals surface area contributed by atoms with Crippen molar-refractivity contribution in [3.63, 3.8) is 0 Å². The highest BCUT2D eigenvalue weighted by molar-refractivity contribution is 7.73. The molecule has 5 heteroatoms. The molecule has 0 atom stereocenters. The molecule has 0 bridgehead atoms. The third kappa shape index (κ3) is 1.73. The maximum absolute atomic E-state index is 5.10. The summed E-state index contributed by atoms with van der Waals surface area (Å²) in [7, 11) is 2.12. The maximum atomic E-state index is 5.10. The van der Waals surface area contributed by atoms with E-state index in [0.717, 1.165) is 16.7 Å². The van der Waals surface area contributed by atoms with Crippen molar-refractivity contribution in [3.8, 4) is 0 Å². The lowest BCUT2D eigenvalue weighted by Gasteiger charge is -2.14. The Bertz CT molecular complexity index is 312. The molecule has 0 radical (unpaired) electrons. The molecule has 1 heterocycles. The zero-order valence-corrected chi connectivity index (χ0v) is 8.57. The van der Waals surface area contributed by atoms with Crippen LogP contribution in [0, 0.1) is 3.95 Å². The summed E-state index contributed by atoms with van der Waals surface area (Å²) in [4.78, 5) is 2.30. The summed E-state index contributed by atoms with van der Waals surface area (Å²) in [6, 6.07) is 0.772. The van der Waals surface area contributed by atoms with Crippen LogP contribution in [0.1, 0.15) is 12.8 Å². The van der Waals surface area contributed by atoms with E-state index in [1.807, 2.05) is 4.68 Å². The predicted molar refractivity (Wildman–Crippen MR) is 51.7 cm³/mol. The van der Waals surface area contributed by atoms with E-state index in [-0.39, 0.29) is 0 Å². The van der Waals surface area contributed by atoms with Gasteiger partial charge in [0.25, 0.3) is 0 Å². The Morgan fingerprint density at radius 1 is 1.83 bits per heavy atom. The molecule has 2 rings (SSSR count). The molecule has 1 aliphatic carbocycles. The minimum absolute atomic E-state index is 0.772. The zero-order chi connectivity index (χ0) is 8.55. The third-order valence-corrected chi connectivity index (χ3v) is 3.19. The van der Waals surface area contributed by atoms with E-state index >= 15 is 0 Å². The van der Waals surface area contributed by atoms with Crippen molar-refractivity contribution in [1.29, 1.82) is 0 Å². The van der Waals surface area contributed by atoms with Gasteiger partial charge in [0.15, 0.2) is 3.95 Å². The van der Waals surface area contributed by atoms with E-state index in [0.29, 0.717) is 0 Å². The van der Waals surface area contributed by atoms with Gasteiger partial charge in [-0.05, 0) is 32.1 Å². The Labute approximate surface area is 80.6 Å². The fraction of sp³-hybridized carbons (Fsp3) is 0.714. The minimum atomic E-state index is 0.772. The Morgan fingerprint density at radius 2 is 2.58 bits per heavy atom. The van der Waals surface area contributed by atoms with E-state index in [1.54, 1.807) is 5.51 Å². The average molecular weight is 201 g/mol. The van der Waals surface area contributed by atoms with Gasteiger partial charge in [-0.15, -0.1) is 0 Å². The first-order valence-corrected chi connectivity index (χ1v) is 5.27. The predicted octanol–water partition coefficient (Wildman–Crippen LogP) is 1.73. The topological polar surface area (TPSA) is 21.1 Å². The fourth-order valence-electron chi connectivity index (χ4n) is 1.17. The highest BCUT2D eigenvalue weighted by Gasteiger charge is 2.26. The molecule has 1 saturated carbocycles. The first kappa shape index (κ1) is 8.34. The number of hydrogen-bond acceptors (Lipinski definition) is 4. The zero-order valence-electron chi connectivity index (χ0n) is 6.93. The van der Waals surface area contributed by atoms with Crippen LogP contribution in [0.15, 0.2) is 5.51 Å². The highest BCUT2D eigenvalue weighted by atomic mass is 32.1. The number of rotatable bonds is 3. The van der Waals surface area contributed by atoms with E-state index in [4.69, 9.17) is 12.2 Å². The second-order valence-corrected chi connectivity index (χ2v) is 4.61. The Balaban J connectivity index is 2.02. The van der Waals surface area contributed by atoms with Crippen molar-refractivity contribution < 1.29 is 0 Å². The molecule has 1 aromatic heterocycles. The molecule has 0 aromatic carbocycles. The van der Waals surface area contributed by atoms with E-state index in [1.165, 1.54) is 24.2 Å². The molecule has 1 fully saturated rings. The molecule has 1 aliphatic rings. The van der Waals surface area contributed by atoms with Crippen LogP contribution in [0.4, 0.5) is 0 Å². The molecule has 1 aromatic rings. The lowest BCUT2D eigenvalue weighted by molar-refractivity contribution is 0.243. The van der Waals surface area contributed by atoms with Crippen molar-refractivity contribution in [2.75, 3.05) is 7.05 Å². The summed E-state index contributed by atoms with van der Waals surface area (Å²) in [6.07, 6.45) is 2.65. The van der Waals surface area contributed by atoms with Crippen molar-refractivity contribution in [2.45, 2.75) is 25.6 Å². The van der Waals surface area contributed by atoms with Crippen molar-refractivity contribution in [1.82, 2.24) is 14.7 Å². The maximum Gasteiger partial charge on any atom is 0.180 e. The molecule has 0 aliphatic heterocycles. The molecular weight excluding hydrogens is 190 g/mol. The van der Waals surface area contributed by atoms with Gasteiger partial charge in [0.05, 0.1) is 6.67 Å². The van der Waals surface area contributed by atoms with Gasteiger partial charge >= 0.3 is 0 Å². The van der Waals surface area contributed by atoms with Crippen LogP contribution in [0.5, 0.6) is 0 Å². The van der Waals surface area contributed by atoms with Crippen LogP contribution in [0.2, 0.25) is 0 Å². The van der Waals surface area contributed by atoms with Crippen LogP contribution in [0.3, 0.4) is 0 Å². The fourth-order valence-corrected chi connectivity index (χ4v) is 1.88. The standard InChI is InChI=1S/C7H11N3S2/c1-9(6-2-3-6)5-10-7(11)12-4-8-10/h4,6H,2-3,5H2,1H3. The lowest BCUT2D eigenvalue weighted by atomic mass is 10.6. The highest BCUT2D eigenvalue weighted by Crippen LogP contribution is 2.25. The SMILES string of the molecule is CN(Cn1ncsc1=S)C1CC1. The van der Waals surface area contributed by atoms with Crippen molar-refractivity contribution >= 4 is 23.6 Å². The molecule has 0 saturated heterocycles. The summed E-state index contributed by atoms with van der Waals surface area (Å²) >= 11 is 6.62. The number of aromatic nitrogens is 2. The first-order valence-electron chi connectivity index (χ1n) is 3.98. The van der Waals surface area contributed by atoms with Crippen LogP contribution in [-0.2, 0) is 6.67 Å². The van der Waals surface area contributed by atoms with E-state index in [2.05, 4.69) is 17.0 Å². The molecular formula is C7H11N3S2. The number of hydrogen-bond donors (Lipinski definition) is 0. The molecule has 0 N–H and O–H groups in total. The van der Waals surface area contributed by atoms with Crippen LogP contribution < -0.4 is 0 Å². The average Bonchev–Trinajstić information content (AvgIpc) is 2.80. The van der Waals surface area contributed by atoms with Gasteiger partial charge < -0.3 is 0 Å². The van der Waals surface area contributed by atoms with E-state index < -0.39 is 0 Å². The van der Waals surface area contributed by atoms with Crippen LogP contribution in [-0.4, -0.2) is 27.8 Å². The summed E-state index contributed by atoms with van der Waals surface area (Å²) in [5.74, 6) is 0. The second-order valence-electron chi connectivity index (χ2n) is 3.13. The van der Waals surface area contributed by atoms with Gasteiger partial charge in [-0.3, -0.25) is 4.90 Å². The van der Waals surface area contributed by atoms with Gasteiger partial charge in [-0.1, -0.05) is 11.3 Å². The molecule has 12 heavy (non-hydrogen) atoms. The minimum Gasteiger partial charge on any atom is -0.284 e. The monoisotopic (exact) mass is 201 g/mol. The van der Waals surface area contributed by atoms with Gasteiger partial charge in [0, 0.05) is 6.04 Å². The van der Waals surface area contributed by atoms with Gasteiger partial charge in [-0.2, -0.15) is 5.10 Å². The molecule has 66 valence electrons. The van der Waals surface area contributed by atoms with Crippen LogP contribution >= 0.6 is 23.6 Å². The molecule has 0 unspecified atom stereocenters. The van der Waals surface area contributed by atoms with Crippen molar-refractivity contribution in [3.05, 3.63) is 9.46 Å². The molecule has 0 spiro atoms. The first-order chi connectivity index (χ1) is 5.77.